The van der Waals surface area contributed by atoms with E-state index in [-0.39, 0.29) is 5.91 Å². The molecule has 21 heavy (non-hydrogen) atoms. The molecule has 2 aromatic rings. The molecule has 1 amide bonds. The van der Waals surface area contributed by atoms with Crippen molar-refractivity contribution in [1.29, 1.82) is 5.26 Å². The van der Waals surface area contributed by atoms with Crippen LogP contribution in [0.5, 0.6) is 0 Å². The van der Waals surface area contributed by atoms with Gasteiger partial charge in [0.05, 0.1) is 11.3 Å². The molecule has 4 heteroatoms. The number of benzene rings is 2. The van der Waals surface area contributed by atoms with Crippen LogP contribution in [0.15, 0.2) is 48.5 Å². The van der Waals surface area contributed by atoms with Gasteiger partial charge in [-0.15, -0.1) is 0 Å². The van der Waals surface area contributed by atoms with Gasteiger partial charge in [-0.1, -0.05) is 30.3 Å². The molecule has 0 aliphatic heterocycles. The normalized spacial score (nSPS) is 9.71. The zero-order valence-electron chi connectivity index (χ0n) is 11.9. The maximum Gasteiger partial charge on any atom is 0.226 e. The van der Waals surface area contributed by atoms with Crippen LogP contribution in [0.1, 0.15) is 17.5 Å². The van der Waals surface area contributed by atoms with Crippen LogP contribution < -0.4 is 10.6 Å². The van der Waals surface area contributed by atoms with E-state index in [4.69, 9.17) is 5.26 Å². The minimum atomic E-state index is -0.112. The summed E-state index contributed by atoms with van der Waals surface area (Å²) in [6, 6.07) is 17.0. The Hall–Kier alpha value is -2.80. The monoisotopic (exact) mass is 279 g/mol. The standard InChI is InChI=1S/C17H17N3O/c1-13-6-2-4-8-15(13)19-11-10-17(21)20-16-9-5-3-7-14(16)12-18/h2-9,19H,10-11H2,1H3,(H,20,21). The highest BCUT2D eigenvalue weighted by molar-refractivity contribution is 5.92. The largest absolute Gasteiger partial charge is 0.384 e. The highest BCUT2D eigenvalue weighted by Gasteiger charge is 2.06. The van der Waals surface area contributed by atoms with E-state index in [9.17, 15) is 4.79 Å². The van der Waals surface area contributed by atoms with E-state index in [0.29, 0.717) is 24.2 Å². The minimum Gasteiger partial charge on any atom is -0.384 e. The maximum atomic E-state index is 11.9. The molecule has 2 N–H and O–H groups in total. The van der Waals surface area contributed by atoms with Crippen LogP contribution in [0.2, 0.25) is 0 Å². The zero-order chi connectivity index (χ0) is 15.1. The Morgan fingerprint density at radius 2 is 1.76 bits per heavy atom. The summed E-state index contributed by atoms with van der Waals surface area (Å²) in [6.45, 7) is 2.57. The quantitative estimate of drug-likeness (QED) is 0.882. The molecule has 0 heterocycles. The van der Waals surface area contributed by atoms with Gasteiger partial charge in [0, 0.05) is 18.7 Å². The van der Waals surface area contributed by atoms with E-state index < -0.39 is 0 Å². The fourth-order valence-electron chi connectivity index (χ4n) is 1.98. The summed E-state index contributed by atoms with van der Waals surface area (Å²) >= 11 is 0. The topological polar surface area (TPSA) is 64.9 Å². The summed E-state index contributed by atoms with van der Waals surface area (Å²) in [7, 11) is 0. The summed E-state index contributed by atoms with van der Waals surface area (Å²) in [5.74, 6) is -0.112. The first kappa shape index (κ1) is 14.6. The van der Waals surface area contributed by atoms with Gasteiger partial charge in [0.1, 0.15) is 6.07 Å². The lowest BCUT2D eigenvalue weighted by atomic mass is 10.2. The molecule has 0 aliphatic rings. The number of rotatable bonds is 5. The van der Waals surface area contributed by atoms with Gasteiger partial charge in [-0.2, -0.15) is 5.26 Å². The third-order valence-electron chi connectivity index (χ3n) is 3.13. The number of carbonyl (C=O) groups excluding carboxylic acids is 1. The molecule has 0 atom stereocenters. The van der Waals surface area contributed by atoms with E-state index in [1.165, 1.54) is 0 Å². The summed E-state index contributed by atoms with van der Waals surface area (Å²) in [4.78, 5) is 11.9. The van der Waals surface area contributed by atoms with E-state index in [2.05, 4.69) is 16.7 Å². The Morgan fingerprint density at radius 3 is 2.48 bits per heavy atom. The second kappa shape index (κ2) is 7.11. The molecule has 2 aromatic carbocycles. The lowest BCUT2D eigenvalue weighted by molar-refractivity contribution is -0.115. The van der Waals surface area contributed by atoms with Crippen molar-refractivity contribution in [2.75, 3.05) is 17.2 Å². The van der Waals surface area contributed by atoms with Gasteiger partial charge in [0.2, 0.25) is 5.91 Å². The number of nitrogens with one attached hydrogen (secondary N) is 2. The van der Waals surface area contributed by atoms with Gasteiger partial charge in [-0.05, 0) is 30.7 Å². The van der Waals surface area contributed by atoms with E-state index >= 15 is 0 Å². The lowest BCUT2D eigenvalue weighted by Crippen LogP contribution is -2.17. The molecule has 0 saturated carbocycles. The molecule has 0 spiro atoms. The van der Waals surface area contributed by atoms with Crippen molar-refractivity contribution < 1.29 is 4.79 Å². The summed E-state index contributed by atoms with van der Waals surface area (Å²) in [5, 5.41) is 15.0. The van der Waals surface area contributed by atoms with Gasteiger partial charge in [0.25, 0.3) is 0 Å². The Labute approximate surface area is 124 Å². The van der Waals surface area contributed by atoms with Gasteiger partial charge >= 0.3 is 0 Å². The SMILES string of the molecule is Cc1ccccc1NCCC(=O)Nc1ccccc1C#N. The smallest absolute Gasteiger partial charge is 0.226 e. The second-order valence-electron chi connectivity index (χ2n) is 4.70. The van der Waals surface area contributed by atoms with E-state index in [1.54, 1.807) is 24.3 Å². The summed E-state index contributed by atoms with van der Waals surface area (Å²) in [5.41, 5.74) is 3.20. The molecule has 4 nitrogen and oxygen atoms in total. The highest BCUT2D eigenvalue weighted by Crippen LogP contribution is 2.15. The number of amides is 1. The fraction of sp³-hybridized carbons (Fsp3) is 0.176. The Balaban J connectivity index is 1.86. The first-order valence-electron chi connectivity index (χ1n) is 6.79. The van der Waals surface area contributed by atoms with Crippen LogP contribution in [0.4, 0.5) is 11.4 Å². The average molecular weight is 279 g/mol. The Kier molecular flexibility index (Phi) is 4.94. The van der Waals surface area contributed by atoms with E-state index in [0.717, 1.165) is 11.3 Å². The number of nitriles is 1. The van der Waals surface area contributed by atoms with Gasteiger partial charge in [0.15, 0.2) is 0 Å². The van der Waals surface area contributed by atoms with Crippen LogP contribution >= 0.6 is 0 Å². The second-order valence-corrected chi connectivity index (χ2v) is 4.70. The molecule has 0 aromatic heterocycles. The predicted molar refractivity (Wildman–Crippen MR) is 84.1 cm³/mol. The number of aryl methyl sites for hydroxylation is 1. The van der Waals surface area contributed by atoms with Crippen LogP contribution in [0.25, 0.3) is 0 Å². The van der Waals surface area contributed by atoms with Crippen LogP contribution in [-0.4, -0.2) is 12.5 Å². The van der Waals surface area contributed by atoms with E-state index in [1.807, 2.05) is 31.2 Å². The van der Waals surface area contributed by atoms with Crippen molar-refractivity contribution in [2.24, 2.45) is 0 Å². The van der Waals surface area contributed by atoms with Gasteiger partial charge in [-0.3, -0.25) is 4.79 Å². The number of hydrogen-bond donors (Lipinski definition) is 2. The third-order valence-corrected chi connectivity index (χ3v) is 3.13. The van der Waals surface area contributed by atoms with Gasteiger partial charge < -0.3 is 10.6 Å². The zero-order valence-corrected chi connectivity index (χ0v) is 11.9. The van der Waals surface area contributed by atoms with Crippen molar-refractivity contribution in [3.8, 4) is 6.07 Å². The molecular formula is C17H17N3O. The number of hydrogen-bond acceptors (Lipinski definition) is 3. The van der Waals surface area contributed by atoms with Crippen LogP contribution in [0.3, 0.4) is 0 Å². The van der Waals surface area contributed by atoms with Crippen LogP contribution in [-0.2, 0) is 4.79 Å². The third kappa shape index (κ3) is 4.08. The van der Waals surface area contributed by atoms with Crippen molar-refractivity contribution in [2.45, 2.75) is 13.3 Å². The number of nitrogens with zero attached hydrogens (tertiary/aromatic N) is 1. The molecule has 0 saturated heterocycles. The van der Waals surface area contributed by atoms with Crippen molar-refractivity contribution in [3.63, 3.8) is 0 Å². The number of carbonyl (C=O) groups is 1. The minimum absolute atomic E-state index is 0.112. The lowest BCUT2D eigenvalue weighted by Gasteiger charge is -2.10. The van der Waals surface area contributed by atoms with Crippen molar-refractivity contribution >= 4 is 17.3 Å². The fourth-order valence-corrected chi connectivity index (χ4v) is 1.98. The summed E-state index contributed by atoms with van der Waals surface area (Å²) in [6.07, 6.45) is 0.341. The molecule has 106 valence electrons. The molecule has 0 aliphatic carbocycles. The predicted octanol–water partition coefficient (Wildman–Crippen LogP) is 3.31. The van der Waals surface area contributed by atoms with Crippen molar-refractivity contribution in [1.82, 2.24) is 0 Å². The average Bonchev–Trinajstić information content (AvgIpc) is 2.50. The molecule has 2 rings (SSSR count). The number of para-hydroxylation sites is 2. The summed E-state index contributed by atoms with van der Waals surface area (Å²) < 4.78 is 0. The Bertz CT molecular complexity index is 674. The number of anilines is 2. The van der Waals surface area contributed by atoms with Crippen molar-refractivity contribution in [3.05, 3.63) is 59.7 Å². The molecule has 0 unspecified atom stereocenters. The highest BCUT2D eigenvalue weighted by atomic mass is 16.1. The molecule has 0 fully saturated rings. The first-order valence-corrected chi connectivity index (χ1v) is 6.79. The van der Waals surface area contributed by atoms with Crippen LogP contribution in [0, 0.1) is 18.3 Å². The van der Waals surface area contributed by atoms with Gasteiger partial charge in [-0.25, -0.2) is 0 Å². The Morgan fingerprint density at radius 1 is 1.10 bits per heavy atom. The molecular weight excluding hydrogens is 262 g/mol. The first-order chi connectivity index (χ1) is 10.2. The molecule has 0 radical (unpaired) electrons. The molecule has 0 bridgehead atoms. The maximum absolute atomic E-state index is 11.9.